The summed E-state index contributed by atoms with van der Waals surface area (Å²) in [5, 5.41) is 4.25. The first-order valence-corrected chi connectivity index (χ1v) is 6.08. The van der Waals surface area contributed by atoms with E-state index in [1.54, 1.807) is 4.68 Å². The van der Waals surface area contributed by atoms with Crippen LogP contribution in [0.25, 0.3) is 5.82 Å². The molecule has 2 aromatic heterocycles. The van der Waals surface area contributed by atoms with Gasteiger partial charge in [0.2, 0.25) is 0 Å². The van der Waals surface area contributed by atoms with Gasteiger partial charge in [0.15, 0.2) is 10.6 Å². The van der Waals surface area contributed by atoms with E-state index >= 15 is 0 Å². The van der Waals surface area contributed by atoms with E-state index in [1.807, 2.05) is 25.4 Å². The Morgan fingerprint density at radius 3 is 2.81 bits per heavy atom. The average Bonchev–Trinajstić information content (AvgIpc) is 3.01. The second-order valence-electron chi connectivity index (χ2n) is 4.16. The molecule has 0 aromatic carbocycles. The Kier molecular flexibility index (Phi) is 2.28. The van der Waals surface area contributed by atoms with Crippen molar-refractivity contribution in [1.29, 1.82) is 0 Å². The molecule has 0 unspecified atom stereocenters. The second-order valence-corrected chi connectivity index (χ2v) is 4.87. The van der Waals surface area contributed by atoms with Gasteiger partial charge in [-0.1, -0.05) is 0 Å². The lowest BCUT2D eigenvalue weighted by molar-refractivity contribution is 0.818. The minimum absolute atomic E-state index is 0.620. The second kappa shape index (κ2) is 3.66. The highest BCUT2D eigenvalue weighted by atomic mass is 79.9. The van der Waals surface area contributed by atoms with E-state index in [9.17, 15) is 0 Å². The molecule has 0 bridgehead atoms. The molecular weight excluding hydrogens is 268 g/mol. The van der Waals surface area contributed by atoms with Crippen LogP contribution in [0.15, 0.2) is 23.2 Å². The molecule has 4 nitrogen and oxygen atoms in total. The summed E-state index contributed by atoms with van der Waals surface area (Å²) in [6.45, 7) is 2.02. The van der Waals surface area contributed by atoms with Gasteiger partial charge < -0.3 is 0 Å². The number of aromatic nitrogens is 4. The number of halogens is 1. The zero-order chi connectivity index (χ0) is 11.1. The van der Waals surface area contributed by atoms with Crippen LogP contribution in [0, 0.1) is 6.92 Å². The Morgan fingerprint density at radius 2 is 2.19 bits per heavy atom. The van der Waals surface area contributed by atoms with Crippen LogP contribution >= 0.6 is 15.9 Å². The molecule has 16 heavy (non-hydrogen) atoms. The fraction of sp³-hybridized carbons (Fsp3) is 0.364. The van der Waals surface area contributed by atoms with Crippen molar-refractivity contribution < 1.29 is 0 Å². The van der Waals surface area contributed by atoms with E-state index in [4.69, 9.17) is 0 Å². The van der Waals surface area contributed by atoms with Gasteiger partial charge in [0, 0.05) is 18.2 Å². The lowest BCUT2D eigenvalue weighted by Gasteiger charge is -2.03. The predicted octanol–water partition coefficient (Wildman–Crippen LogP) is 2.61. The van der Waals surface area contributed by atoms with Crippen molar-refractivity contribution in [3.05, 3.63) is 34.5 Å². The van der Waals surface area contributed by atoms with Crippen LogP contribution in [0.1, 0.15) is 30.0 Å². The molecular formula is C11H11BrN4. The Labute approximate surface area is 102 Å². The molecule has 0 radical (unpaired) electrons. The predicted molar refractivity (Wildman–Crippen MR) is 63.6 cm³/mol. The number of hydrogen-bond donors (Lipinski definition) is 0. The quantitative estimate of drug-likeness (QED) is 0.794. The van der Waals surface area contributed by atoms with E-state index in [1.165, 1.54) is 12.8 Å². The Bertz CT molecular complexity index is 531. The fourth-order valence-corrected chi connectivity index (χ4v) is 2.05. The van der Waals surface area contributed by atoms with E-state index < -0.39 is 0 Å². The summed E-state index contributed by atoms with van der Waals surface area (Å²) >= 11 is 3.35. The van der Waals surface area contributed by atoms with Gasteiger partial charge in [-0.25, -0.2) is 14.6 Å². The highest BCUT2D eigenvalue weighted by Gasteiger charge is 2.26. The van der Waals surface area contributed by atoms with Gasteiger partial charge in [0.25, 0.3) is 0 Å². The molecule has 0 saturated heterocycles. The first-order chi connectivity index (χ1) is 7.72. The third-order valence-corrected chi connectivity index (χ3v) is 3.00. The van der Waals surface area contributed by atoms with Crippen molar-refractivity contribution in [2.24, 2.45) is 0 Å². The highest BCUT2D eigenvalue weighted by molar-refractivity contribution is 9.10. The molecule has 2 aromatic rings. The van der Waals surface area contributed by atoms with Crippen LogP contribution in [0.3, 0.4) is 0 Å². The monoisotopic (exact) mass is 278 g/mol. The van der Waals surface area contributed by atoms with E-state index in [0.29, 0.717) is 10.7 Å². The molecule has 1 aliphatic rings. The maximum absolute atomic E-state index is 4.39. The minimum Gasteiger partial charge on any atom is -0.227 e. The zero-order valence-electron chi connectivity index (χ0n) is 8.89. The molecule has 0 atom stereocenters. The average molecular weight is 279 g/mol. The molecule has 0 spiro atoms. The summed E-state index contributed by atoms with van der Waals surface area (Å²) in [5.74, 6) is 1.45. The molecule has 0 N–H and O–H groups in total. The van der Waals surface area contributed by atoms with Crippen LogP contribution in [-0.2, 0) is 0 Å². The molecule has 3 rings (SSSR count). The standard InChI is InChI=1S/C11H11BrN4/c1-7-5-13-16(6-7)10-4-9(8-2-3-8)14-11(12)15-10/h4-6,8H,2-3H2,1H3. The first kappa shape index (κ1) is 9.96. The minimum atomic E-state index is 0.620. The van der Waals surface area contributed by atoms with Crippen LogP contribution < -0.4 is 0 Å². The lowest BCUT2D eigenvalue weighted by Crippen LogP contribution is -2.01. The van der Waals surface area contributed by atoms with Crippen molar-refractivity contribution >= 4 is 15.9 Å². The normalized spacial score (nSPS) is 15.4. The molecule has 0 amide bonds. The zero-order valence-corrected chi connectivity index (χ0v) is 10.5. The van der Waals surface area contributed by atoms with E-state index in [-0.39, 0.29) is 0 Å². The molecule has 1 saturated carbocycles. The van der Waals surface area contributed by atoms with E-state index in [0.717, 1.165) is 17.1 Å². The number of rotatable bonds is 2. The highest BCUT2D eigenvalue weighted by Crippen LogP contribution is 2.39. The largest absolute Gasteiger partial charge is 0.227 e. The summed E-state index contributed by atoms with van der Waals surface area (Å²) in [6, 6.07) is 2.02. The van der Waals surface area contributed by atoms with Gasteiger partial charge in [-0.3, -0.25) is 0 Å². The summed E-state index contributed by atoms with van der Waals surface area (Å²) in [6.07, 6.45) is 6.26. The Balaban J connectivity index is 2.06. The maximum Gasteiger partial charge on any atom is 0.198 e. The van der Waals surface area contributed by atoms with Crippen molar-refractivity contribution in [1.82, 2.24) is 19.7 Å². The van der Waals surface area contributed by atoms with Crippen LogP contribution in [0.2, 0.25) is 0 Å². The molecule has 0 aliphatic heterocycles. The Morgan fingerprint density at radius 1 is 1.38 bits per heavy atom. The van der Waals surface area contributed by atoms with Gasteiger partial charge in [0.05, 0.1) is 11.9 Å². The Hall–Kier alpha value is -1.23. The summed E-state index contributed by atoms with van der Waals surface area (Å²) in [5.41, 5.74) is 2.24. The van der Waals surface area contributed by atoms with Crippen molar-refractivity contribution in [2.45, 2.75) is 25.7 Å². The SMILES string of the molecule is Cc1cnn(-c2cc(C3CC3)nc(Br)n2)c1. The molecule has 1 aliphatic carbocycles. The smallest absolute Gasteiger partial charge is 0.198 e. The molecule has 2 heterocycles. The third-order valence-electron chi connectivity index (χ3n) is 2.65. The molecule has 1 fully saturated rings. The van der Waals surface area contributed by atoms with Crippen molar-refractivity contribution in [3.8, 4) is 5.82 Å². The first-order valence-electron chi connectivity index (χ1n) is 5.28. The van der Waals surface area contributed by atoms with Crippen LogP contribution in [0.4, 0.5) is 0 Å². The topological polar surface area (TPSA) is 43.6 Å². The van der Waals surface area contributed by atoms with Gasteiger partial charge in [0.1, 0.15) is 0 Å². The van der Waals surface area contributed by atoms with Crippen LogP contribution in [0.5, 0.6) is 0 Å². The maximum atomic E-state index is 4.39. The lowest BCUT2D eigenvalue weighted by atomic mass is 10.3. The van der Waals surface area contributed by atoms with Crippen molar-refractivity contribution in [2.75, 3.05) is 0 Å². The van der Waals surface area contributed by atoms with E-state index in [2.05, 4.69) is 31.0 Å². The van der Waals surface area contributed by atoms with Gasteiger partial charge >= 0.3 is 0 Å². The summed E-state index contributed by atoms with van der Waals surface area (Å²) in [7, 11) is 0. The molecule has 5 heteroatoms. The third kappa shape index (κ3) is 1.87. The van der Waals surface area contributed by atoms with Gasteiger partial charge in [-0.15, -0.1) is 0 Å². The van der Waals surface area contributed by atoms with Gasteiger partial charge in [-0.05, 0) is 41.3 Å². The number of hydrogen-bond acceptors (Lipinski definition) is 3. The summed E-state index contributed by atoms with van der Waals surface area (Å²) in [4.78, 5) is 8.73. The van der Waals surface area contributed by atoms with Crippen LogP contribution in [-0.4, -0.2) is 19.7 Å². The van der Waals surface area contributed by atoms with Crippen molar-refractivity contribution in [3.63, 3.8) is 0 Å². The number of nitrogens with zero attached hydrogens (tertiary/aromatic N) is 4. The fourth-order valence-electron chi connectivity index (χ4n) is 1.67. The summed E-state index contributed by atoms with van der Waals surface area (Å²) < 4.78 is 2.42. The molecule has 82 valence electrons. The van der Waals surface area contributed by atoms with Gasteiger partial charge in [-0.2, -0.15) is 5.10 Å². The number of aryl methyl sites for hydroxylation is 1.